The number of hydrogen-bond acceptors (Lipinski definition) is 5. The molecule has 3 rings (SSSR count). The van der Waals surface area contributed by atoms with Crippen LogP contribution < -0.4 is 10.6 Å². The third kappa shape index (κ3) is 3.97. The summed E-state index contributed by atoms with van der Waals surface area (Å²) in [4.78, 5) is 33.3. The summed E-state index contributed by atoms with van der Waals surface area (Å²) in [6, 6.07) is 3.48. The molecule has 0 radical (unpaired) electrons. The third-order valence-electron chi connectivity index (χ3n) is 4.08. The molecule has 0 spiro atoms. The largest absolute Gasteiger partial charge is 0.342 e. The normalized spacial score (nSPS) is 14.5. The molecule has 1 aliphatic carbocycles. The second-order valence-electron chi connectivity index (χ2n) is 5.92. The lowest BCUT2D eigenvalue weighted by Gasteiger charge is -2.06. The van der Waals surface area contributed by atoms with Gasteiger partial charge in [0.2, 0.25) is 5.91 Å². The number of carbonyl (C=O) groups is 2. The van der Waals surface area contributed by atoms with Crippen molar-refractivity contribution in [3.8, 4) is 0 Å². The first-order valence-corrected chi connectivity index (χ1v) is 8.90. The fraction of sp³-hybridized carbons (Fsp3) is 0.412. The van der Waals surface area contributed by atoms with Crippen molar-refractivity contribution in [1.29, 1.82) is 0 Å². The summed E-state index contributed by atoms with van der Waals surface area (Å²) in [6.45, 7) is 1.77. The number of thiazole rings is 1. The van der Waals surface area contributed by atoms with Gasteiger partial charge in [-0.3, -0.25) is 14.6 Å². The third-order valence-corrected chi connectivity index (χ3v) is 5.40. The predicted molar refractivity (Wildman–Crippen MR) is 93.3 cm³/mol. The highest BCUT2D eigenvalue weighted by molar-refractivity contribution is 7.13. The lowest BCUT2D eigenvalue weighted by Crippen LogP contribution is -2.32. The Hall–Kier alpha value is -2.28. The highest BCUT2D eigenvalue weighted by Gasteiger charge is 2.23. The topological polar surface area (TPSA) is 84.0 Å². The molecule has 2 aromatic heterocycles. The molecule has 1 fully saturated rings. The van der Waals surface area contributed by atoms with E-state index < -0.39 is 0 Å². The number of rotatable bonds is 5. The number of nitrogens with zero attached hydrogens (tertiary/aromatic N) is 2. The maximum atomic E-state index is 12.3. The van der Waals surface area contributed by atoms with Crippen molar-refractivity contribution < 1.29 is 9.59 Å². The van der Waals surface area contributed by atoms with E-state index in [1.807, 2.05) is 6.92 Å². The van der Waals surface area contributed by atoms with E-state index in [1.54, 1.807) is 24.5 Å². The Kier molecular flexibility index (Phi) is 5.20. The van der Waals surface area contributed by atoms with Crippen LogP contribution in [0.3, 0.4) is 0 Å². The number of amides is 2. The Bertz CT molecular complexity index is 723. The Morgan fingerprint density at radius 3 is 2.83 bits per heavy atom. The SMILES string of the molecule is Cc1nc(C2CCCC2)sc1C(=O)NCC(=O)Nc1cccnc1. The van der Waals surface area contributed by atoms with Crippen molar-refractivity contribution in [2.45, 2.75) is 38.5 Å². The van der Waals surface area contributed by atoms with Crippen LogP contribution in [-0.2, 0) is 4.79 Å². The fourth-order valence-electron chi connectivity index (χ4n) is 2.86. The molecule has 2 amide bonds. The van der Waals surface area contributed by atoms with Crippen LogP contribution in [-0.4, -0.2) is 28.3 Å². The van der Waals surface area contributed by atoms with Gasteiger partial charge < -0.3 is 10.6 Å². The van der Waals surface area contributed by atoms with Crippen molar-refractivity contribution in [2.24, 2.45) is 0 Å². The smallest absolute Gasteiger partial charge is 0.263 e. The standard InChI is InChI=1S/C17H20N4O2S/c1-11-15(24-17(20-11)12-5-2-3-6-12)16(23)19-10-14(22)21-13-7-4-8-18-9-13/h4,7-9,12H,2-3,5-6,10H2,1H3,(H,19,23)(H,21,22). The molecule has 24 heavy (non-hydrogen) atoms. The molecule has 2 heterocycles. The summed E-state index contributed by atoms with van der Waals surface area (Å²) in [5.41, 5.74) is 1.35. The van der Waals surface area contributed by atoms with Crippen molar-refractivity contribution in [2.75, 3.05) is 11.9 Å². The molecule has 2 aromatic rings. The van der Waals surface area contributed by atoms with Gasteiger partial charge in [0.15, 0.2) is 0 Å². The molecule has 2 N–H and O–H groups in total. The molecule has 6 nitrogen and oxygen atoms in total. The number of aromatic nitrogens is 2. The zero-order valence-electron chi connectivity index (χ0n) is 13.5. The molecule has 0 unspecified atom stereocenters. The van der Waals surface area contributed by atoms with Crippen LogP contribution in [0.25, 0.3) is 0 Å². The molecule has 0 saturated heterocycles. The monoisotopic (exact) mass is 344 g/mol. The molecule has 0 aromatic carbocycles. The van der Waals surface area contributed by atoms with Crippen molar-refractivity contribution in [1.82, 2.24) is 15.3 Å². The fourth-order valence-corrected chi connectivity index (χ4v) is 4.01. The molecular formula is C17H20N4O2S. The van der Waals surface area contributed by atoms with E-state index in [1.165, 1.54) is 24.2 Å². The lowest BCUT2D eigenvalue weighted by molar-refractivity contribution is -0.115. The quantitative estimate of drug-likeness (QED) is 0.873. The molecule has 126 valence electrons. The van der Waals surface area contributed by atoms with Crippen LogP contribution in [0.1, 0.15) is 52.0 Å². The summed E-state index contributed by atoms with van der Waals surface area (Å²) in [6.07, 6.45) is 7.97. The Morgan fingerprint density at radius 2 is 2.12 bits per heavy atom. The Morgan fingerprint density at radius 1 is 1.33 bits per heavy atom. The molecule has 0 aliphatic heterocycles. The zero-order chi connectivity index (χ0) is 16.9. The lowest BCUT2D eigenvalue weighted by atomic mass is 10.1. The minimum atomic E-state index is -0.283. The minimum absolute atomic E-state index is 0.0795. The number of pyridine rings is 1. The van der Waals surface area contributed by atoms with Crippen LogP contribution in [0.5, 0.6) is 0 Å². The van der Waals surface area contributed by atoms with Gasteiger partial charge in [-0.1, -0.05) is 12.8 Å². The minimum Gasteiger partial charge on any atom is -0.342 e. The number of aryl methyl sites for hydroxylation is 1. The van der Waals surface area contributed by atoms with Gasteiger partial charge >= 0.3 is 0 Å². The summed E-state index contributed by atoms with van der Waals surface area (Å²) in [5, 5.41) is 6.40. The van der Waals surface area contributed by atoms with E-state index in [0.29, 0.717) is 16.5 Å². The summed E-state index contributed by atoms with van der Waals surface area (Å²) in [5.74, 6) is -0.0331. The van der Waals surface area contributed by atoms with Gasteiger partial charge in [0.05, 0.1) is 29.1 Å². The average Bonchev–Trinajstić information content (AvgIpc) is 3.23. The van der Waals surface area contributed by atoms with Gasteiger partial charge in [-0.15, -0.1) is 11.3 Å². The first-order valence-electron chi connectivity index (χ1n) is 8.09. The Labute approximate surface area is 144 Å². The van der Waals surface area contributed by atoms with Gasteiger partial charge in [0.25, 0.3) is 5.91 Å². The molecule has 1 aliphatic rings. The van der Waals surface area contributed by atoms with Crippen LogP contribution in [0.2, 0.25) is 0 Å². The van der Waals surface area contributed by atoms with E-state index in [0.717, 1.165) is 23.5 Å². The van der Waals surface area contributed by atoms with Gasteiger partial charge in [0.1, 0.15) is 4.88 Å². The predicted octanol–water partition coefficient (Wildman–Crippen LogP) is 2.87. The van der Waals surface area contributed by atoms with Gasteiger partial charge in [-0.25, -0.2) is 4.98 Å². The summed E-state index contributed by atoms with van der Waals surface area (Å²) in [7, 11) is 0. The number of carbonyl (C=O) groups excluding carboxylic acids is 2. The summed E-state index contributed by atoms with van der Waals surface area (Å²) < 4.78 is 0. The average molecular weight is 344 g/mol. The van der Waals surface area contributed by atoms with E-state index in [9.17, 15) is 9.59 Å². The highest BCUT2D eigenvalue weighted by atomic mass is 32.1. The van der Waals surface area contributed by atoms with Gasteiger partial charge in [0, 0.05) is 12.1 Å². The first-order chi connectivity index (χ1) is 11.6. The van der Waals surface area contributed by atoms with E-state index in [-0.39, 0.29) is 18.4 Å². The highest BCUT2D eigenvalue weighted by Crippen LogP contribution is 2.37. The van der Waals surface area contributed by atoms with E-state index in [2.05, 4.69) is 20.6 Å². The number of hydrogen-bond donors (Lipinski definition) is 2. The van der Waals surface area contributed by atoms with Crippen molar-refractivity contribution in [3.63, 3.8) is 0 Å². The van der Waals surface area contributed by atoms with Crippen molar-refractivity contribution in [3.05, 3.63) is 40.1 Å². The first kappa shape index (κ1) is 16.6. The van der Waals surface area contributed by atoms with Crippen LogP contribution in [0.15, 0.2) is 24.5 Å². The van der Waals surface area contributed by atoms with Crippen LogP contribution in [0, 0.1) is 6.92 Å². The maximum Gasteiger partial charge on any atom is 0.263 e. The van der Waals surface area contributed by atoms with Crippen LogP contribution >= 0.6 is 11.3 Å². The van der Waals surface area contributed by atoms with Gasteiger partial charge in [-0.2, -0.15) is 0 Å². The number of nitrogens with one attached hydrogen (secondary N) is 2. The van der Waals surface area contributed by atoms with Gasteiger partial charge in [-0.05, 0) is 31.9 Å². The summed E-state index contributed by atoms with van der Waals surface area (Å²) >= 11 is 1.46. The Balaban J connectivity index is 1.56. The molecule has 7 heteroatoms. The van der Waals surface area contributed by atoms with Crippen molar-refractivity contribution >= 4 is 28.8 Å². The molecular weight excluding hydrogens is 324 g/mol. The second-order valence-corrected chi connectivity index (χ2v) is 6.95. The molecule has 0 atom stereocenters. The van der Waals surface area contributed by atoms with E-state index >= 15 is 0 Å². The second kappa shape index (κ2) is 7.53. The van der Waals surface area contributed by atoms with Crippen LogP contribution in [0.4, 0.5) is 5.69 Å². The maximum absolute atomic E-state index is 12.3. The van der Waals surface area contributed by atoms with E-state index in [4.69, 9.17) is 0 Å². The molecule has 0 bridgehead atoms. The number of anilines is 1. The molecule has 1 saturated carbocycles. The zero-order valence-corrected chi connectivity index (χ0v) is 14.4.